The lowest BCUT2D eigenvalue weighted by molar-refractivity contribution is -0.136. The molecule has 16 heavy (non-hydrogen) atoms. The van der Waals surface area contributed by atoms with Crippen LogP contribution in [0.1, 0.15) is 12.7 Å². The van der Waals surface area contributed by atoms with Crippen molar-refractivity contribution in [3.63, 3.8) is 0 Å². The van der Waals surface area contributed by atoms with E-state index < -0.39 is 17.9 Å². The van der Waals surface area contributed by atoms with Crippen LogP contribution in [0.2, 0.25) is 0 Å². The summed E-state index contributed by atoms with van der Waals surface area (Å²) in [5, 5.41) is 16.9. The van der Waals surface area contributed by atoms with Crippen molar-refractivity contribution in [2.45, 2.75) is 20.0 Å². The van der Waals surface area contributed by atoms with E-state index in [2.05, 4.69) is 15.8 Å². The lowest BCUT2D eigenvalue weighted by atomic mass is 10.4. The molecule has 3 N–H and O–H groups in total. The standard InChI is InChI=1S/C9H13N3O4/c1-5(13)4-10-8(14)9(15)11-7-3-6(2)16-12-7/h3,5,13H,4H2,1-2H3,(H,10,14)(H,11,12,15)/t5-/m1/s1. The maximum atomic E-state index is 11.2. The summed E-state index contributed by atoms with van der Waals surface area (Å²) in [6.45, 7) is 3.18. The predicted molar refractivity (Wildman–Crippen MR) is 54.6 cm³/mol. The van der Waals surface area contributed by atoms with E-state index in [1.807, 2.05) is 0 Å². The number of aliphatic hydroxyl groups is 1. The summed E-state index contributed by atoms with van der Waals surface area (Å²) in [6.07, 6.45) is -0.703. The highest BCUT2D eigenvalue weighted by Gasteiger charge is 2.15. The van der Waals surface area contributed by atoms with Gasteiger partial charge in [-0.25, -0.2) is 0 Å². The summed E-state index contributed by atoms with van der Waals surface area (Å²) in [4.78, 5) is 22.4. The number of amides is 2. The first kappa shape index (κ1) is 12.2. The second-order valence-electron chi connectivity index (χ2n) is 3.34. The first-order valence-corrected chi connectivity index (χ1v) is 4.69. The molecule has 0 aliphatic carbocycles. The fourth-order valence-electron chi connectivity index (χ4n) is 0.919. The highest BCUT2D eigenvalue weighted by Crippen LogP contribution is 2.06. The molecule has 7 heteroatoms. The van der Waals surface area contributed by atoms with Gasteiger partial charge in [-0.05, 0) is 13.8 Å². The highest BCUT2D eigenvalue weighted by atomic mass is 16.5. The van der Waals surface area contributed by atoms with Crippen LogP contribution >= 0.6 is 0 Å². The fourth-order valence-corrected chi connectivity index (χ4v) is 0.919. The molecule has 2 amide bonds. The van der Waals surface area contributed by atoms with Crippen LogP contribution in [0.3, 0.4) is 0 Å². The van der Waals surface area contributed by atoms with Crippen LogP contribution in [0.4, 0.5) is 5.82 Å². The summed E-state index contributed by atoms with van der Waals surface area (Å²) < 4.78 is 4.71. The number of nitrogens with one attached hydrogen (secondary N) is 2. The lowest BCUT2D eigenvalue weighted by Gasteiger charge is -2.05. The molecule has 0 aliphatic rings. The number of carbonyl (C=O) groups is 2. The van der Waals surface area contributed by atoms with Crippen LogP contribution in [0, 0.1) is 6.92 Å². The van der Waals surface area contributed by atoms with Crippen molar-refractivity contribution in [3.8, 4) is 0 Å². The van der Waals surface area contributed by atoms with Gasteiger partial charge in [0.05, 0.1) is 6.10 Å². The van der Waals surface area contributed by atoms with Crippen molar-refractivity contribution in [2.24, 2.45) is 0 Å². The average molecular weight is 227 g/mol. The van der Waals surface area contributed by atoms with Crippen LogP contribution in [0.25, 0.3) is 0 Å². The van der Waals surface area contributed by atoms with Gasteiger partial charge >= 0.3 is 11.8 Å². The van der Waals surface area contributed by atoms with E-state index in [1.54, 1.807) is 6.92 Å². The van der Waals surface area contributed by atoms with Gasteiger partial charge in [0.15, 0.2) is 5.82 Å². The predicted octanol–water partition coefficient (Wildman–Crippen LogP) is -0.581. The molecular formula is C9H13N3O4. The summed E-state index contributed by atoms with van der Waals surface area (Å²) in [5.41, 5.74) is 0. The van der Waals surface area contributed by atoms with E-state index in [0.29, 0.717) is 5.76 Å². The molecule has 1 aromatic rings. The second-order valence-corrected chi connectivity index (χ2v) is 3.34. The number of hydrogen-bond acceptors (Lipinski definition) is 5. The number of aryl methyl sites for hydroxylation is 1. The van der Waals surface area contributed by atoms with Crippen molar-refractivity contribution in [1.29, 1.82) is 0 Å². The molecule has 1 atom stereocenters. The Bertz CT molecular complexity index is 386. The Morgan fingerprint density at radius 1 is 1.56 bits per heavy atom. The molecule has 1 heterocycles. The largest absolute Gasteiger partial charge is 0.392 e. The minimum absolute atomic E-state index is 0.0180. The zero-order valence-electron chi connectivity index (χ0n) is 8.98. The first-order valence-electron chi connectivity index (χ1n) is 4.69. The second kappa shape index (κ2) is 5.26. The van der Waals surface area contributed by atoms with Gasteiger partial charge in [0.2, 0.25) is 0 Å². The minimum Gasteiger partial charge on any atom is -0.392 e. The molecule has 0 saturated heterocycles. The molecule has 0 fully saturated rings. The fraction of sp³-hybridized carbons (Fsp3) is 0.444. The molecule has 1 rings (SSSR count). The van der Waals surface area contributed by atoms with Gasteiger partial charge in [-0.3, -0.25) is 14.9 Å². The van der Waals surface area contributed by atoms with Gasteiger partial charge in [-0.1, -0.05) is 5.16 Å². The van der Waals surface area contributed by atoms with Gasteiger partial charge in [-0.15, -0.1) is 0 Å². The van der Waals surface area contributed by atoms with E-state index >= 15 is 0 Å². The van der Waals surface area contributed by atoms with Gasteiger partial charge in [0.1, 0.15) is 5.76 Å². The maximum absolute atomic E-state index is 11.2. The first-order chi connectivity index (χ1) is 7.49. The Labute approximate surface area is 91.8 Å². The van der Waals surface area contributed by atoms with Crippen LogP contribution in [0.5, 0.6) is 0 Å². The number of anilines is 1. The van der Waals surface area contributed by atoms with E-state index in [0.717, 1.165) is 0 Å². The van der Waals surface area contributed by atoms with Crippen LogP contribution in [0.15, 0.2) is 10.6 Å². The molecule has 0 spiro atoms. The van der Waals surface area contributed by atoms with Crippen molar-refractivity contribution < 1.29 is 19.2 Å². The number of nitrogens with zero attached hydrogens (tertiary/aromatic N) is 1. The quantitative estimate of drug-likeness (QED) is 0.599. The number of aliphatic hydroxyl groups excluding tert-OH is 1. The smallest absolute Gasteiger partial charge is 0.314 e. The minimum atomic E-state index is -0.853. The van der Waals surface area contributed by atoms with Crippen molar-refractivity contribution in [3.05, 3.63) is 11.8 Å². The number of aromatic nitrogens is 1. The monoisotopic (exact) mass is 227 g/mol. The highest BCUT2D eigenvalue weighted by molar-refractivity contribution is 6.39. The summed E-state index contributed by atoms with van der Waals surface area (Å²) in [5.74, 6) is -0.982. The molecule has 0 radical (unpaired) electrons. The van der Waals surface area contributed by atoms with Gasteiger partial charge in [-0.2, -0.15) is 0 Å². The Hall–Kier alpha value is -1.89. The lowest BCUT2D eigenvalue weighted by Crippen LogP contribution is -2.38. The number of hydrogen-bond donors (Lipinski definition) is 3. The maximum Gasteiger partial charge on any atom is 0.314 e. The molecule has 0 bridgehead atoms. The SMILES string of the molecule is Cc1cc(NC(=O)C(=O)NC[C@@H](C)O)no1. The molecule has 7 nitrogen and oxygen atoms in total. The van der Waals surface area contributed by atoms with Crippen molar-refractivity contribution in [2.75, 3.05) is 11.9 Å². The van der Waals surface area contributed by atoms with Gasteiger partial charge in [0.25, 0.3) is 0 Å². The summed E-state index contributed by atoms with van der Waals surface area (Å²) in [6, 6.07) is 1.49. The van der Waals surface area contributed by atoms with Crippen molar-refractivity contribution in [1.82, 2.24) is 10.5 Å². The van der Waals surface area contributed by atoms with E-state index in [-0.39, 0.29) is 12.4 Å². The normalized spacial score (nSPS) is 11.9. The molecule has 0 unspecified atom stereocenters. The molecule has 0 aromatic carbocycles. The summed E-state index contributed by atoms with van der Waals surface area (Å²) in [7, 11) is 0. The van der Waals surface area contributed by atoms with Gasteiger partial charge in [0, 0.05) is 12.6 Å². The van der Waals surface area contributed by atoms with E-state index in [4.69, 9.17) is 9.63 Å². The van der Waals surface area contributed by atoms with Crippen LogP contribution < -0.4 is 10.6 Å². The zero-order chi connectivity index (χ0) is 12.1. The Morgan fingerprint density at radius 3 is 2.75 bits per heavy atom. The zero-order valence-corrected chi connectivity index (χ0v) is 8.98. The average Bonchev–Trinajstić information content (AvgIpc) is 2.60. The molecular weight excluding hydrogens is 214 g/mol. The molecule has 88 valence electrons. The third kappa shape index (κ3) is 3.70. The molecule has 0 saturated carbocycles. The third-order valence-corrected chi connectivity index (χ3v) is 1.63. The van der Waals surface area contributed by atoms with E-state index in [1.165, 1.54) is 13.0 Å². The van der Waals surface area contributed by atoms with Crippen LogP contribution in [-0.2, 0) is 9.59 Å². The van der Waals surface area contributed by atoms with Crippen LogP contribution in [-0.4, -0.2) is 34.7 Å². The summed E-state index contributed by atoms with van der Waals surface area (Å²) >= 11 is 0. The Kier molecular flexibility index (Phi) is 4.01. The number of rotatable bonds is 3. The topological polar surface area (TPSA) is 104 Å². The van der Waals surface area contributed by atoms with Gasteiger partial charge < -0.3 is 14.9 Å². The molecule has 0 aliphatic heterocycles. The molecule has 1 aromatic heterocycles. The Morgan fingerprint density at radius 2 is 2.25 bits per heavy atom. The third-order valence-electron chi connectivity index (χ3n) is 1.63. The Balaban J connectivity index is 2.43. The van der Waals surface area contributed by atoms with E-state index in [9.17, 15) is 9.59 Å². The number of carbonyl (C=O) groups excluding carboxylic acids is 2. The van der Waals surface area contributed by atoms with Crippen molar-refractivity contribution >= 4 is 17.6 Å².